The Kier molecular flexibility index (Phi) is 5.69. The van der Waals surface area contributed by atoms with Crippen molar-refractivity contribution in [2.75, 3.05) is 6.61 Å². The number of carbonyl (C=O) groups is 2. The van der Waals surface area contributed by atoms with Crippen molar-refractivity contribution in [3.05, 3.63) is 68.6 Å². The minimum atomic E-state index is -0.536. The summed E-state index contributed by atoms with van der Waals surface area (Å²) >= 11 is 1.68. The summed E-state index contributed by atoms with van der Waals surface area (Å²) in [6.45, 7) is 8.06. The van der Waals surface area contributed by atoms with Crippen molar-refractivity contribution in [2.24, 2.45) is 5.92 Å². The Morgan fingerprint density at radius 3 is 2.70 bits per heavy atom. The summed E-state index contributed by atoms with van der Waals surface area (Å²) in [5.41, 5.74) is 2.72. The Morgan fingerprint density at radius 1 is 1.27 bits per heavy atom. The first-order chi connectivity index (χ1) is 14.3. The van der Waals surface area contributed by atoms with E-state index in [1.807, 2.05) is 51.3 Å². The molecule has 1 aliphatic carbocycles. The van der Waals surface area contributed by atoms with Gasteiger partial charge in [-0.2, -0.15) is 0 Å². The molecule has 0 saturated heterocycles. The first-order valence-electron chi connectivity index (χ1n) is 10.4. The molecular formula is C24H27NO4S. The molecule has 2 aromatic rings. The lowest BCUT2D eigenvalue weighted by Crippen LogP contribution is -2.36. The van der Waals surface area contributed by atoms with Crippen LogP contribution in [0.3, 0.4) is 0 Å². The third-order valence-electron chi connectivity index (χ3n) is 5.59. The number of aryl methyl sites for hydroxylation is 1. The Hall–Kier alpha value is -2.60. The van der Waals surface area contributed by atoms with Crippen LogP contribution in [0.2, 0.25) is 0 Å². The molecule has 6 heteroatoms. The van der Waals surface area contributed by atoms with Gasteiger partial charge >= 0.3 is 5.97 Å². The fraction of sp³-hybridized carbons (Fsp3) is 0.417. The van der Waals surface area contributed by atoms with Crippen molar-refractivity contribution in [1.82, 2.24) is 5.32 Å². The Balaban J connectivity index is 1.75. The molecule has 0 radical (unpaired) electrons. The average Bonchev–Trinajstić information content (AvgIpc) is 3.36. The highest BCUT2D eigenvalue weighted by molar-refractivity contribution is 7.10. The van der Waals surface area contributed by atoms with Gasteiger partial charge in [-0.1, -0.05) is 19.9 Å². The second-order valence-corrected chi connectivity index (χ2v) is 9.45. The number of ether oxygens (including phenoxy) is 1. The van der Waals surface area contributed by atoms with E-state index in [2.05, 4.69) is 11.4 Å². The highest BCUT2D eigenvalue weighted by Crippen LogP contribution is 2.46. The molecule has 5 nitrogen and oxygen atoms in total. The predicted octanol–water partition coefficient (Wildman–Crippen LogP) is 5.21. The number of hydrogen-bond donors (Lipinski definition) is 1. The quantitative estimate of drug-likeness (QED) is 0.666. The number of ketones is 1. The number of carbonyl (C=O) groups excluding carboxylic acids is 2. The molecule has 4 rings (SSSR count). The van der Waals surface area contributed by atoms with Crippen LogP contribution in [0.15, 0.2) is 56.6 Å². The minimum Gasteiger partial charge on any atom is -0.465 e. The molecule has 2 aromatic heterocycles. The van der Waals surface area contributed by atoms with E-state index < -0.39 is 11.9 Å². The van der Waals surface area contributed by atoms with Crippen molar-refractivity contribution in [1.29, 1.82) is 0 Å². The molecule has 0 spiro atoms. The van der Waals surface area contributed by atoms with E-state index >= 15 is 0 Å². The highest BCUT2D eigenvalue weighted by atomic mass is 32.1. The zero-order valence-corrected chi connectivity index (χ0v) is 18.6. The summed E-state index contributed by atoms with van der Waals surface area (Å²) in [6.07, 6.45) is 1.17. The van der Waals surface area contributed by atoms with Gasteiger partial charge in [0.1, 0.15) is 11.5 Å². The van der Waals surface area contributed by atoms with E-state index in [9.17, 15) is 9.59 Å². The number of esters is 1. The van der Waals surface area contributed by atoms with Crippen molar-refractivity contribution >= 4 is 23.1 Å². The molecule has 158 valence electrons. The number of nitrogens with one attached hydrogen (secondary N) is 1. The van der Waals surface area contributed by atoms with Crippen LogP contribution in [0, 0.1) is 12.8 Å². The van der Waals surface area contributed by atoms with Crippen molar-refractivity contribution in [2.45, 2.75) is 52.4 Å². The van der Waals surface area contributed by atoms with Crippen LogP contribution in [-0.4, -0.2) is 18.4 Å². The van der Waals surface area contributed by atoms with Crippen LogP contribution in [0.5, 0.6) is 0 Å². The first kappa shape index (κ1) is 20.7. The van der Waals surface area contributed by atoms with Gasteiger partial charge in [-0.25, -0.2) is 4.79 Å². The first-order valence-corrected chi connectivity index (χ1v) is 11.2. The molecule has 30 heavy (non-hydrogen) atoms. The lowest BCUT2D eigenvalue weighted by Gasteiger charge is -2.35. The number of hydrogen-bond acceptors (Lipinski definition) is 6. The monoisotopic (exact) mass is 425 g/mol. The van der Waals surface area contributed by atoms with E-state index in [0.717, 1.165) is 23.6 Å². The maximum atomic E-state index is 13.4. The van der Waals surface area contributed by atoms with Crippen LogP contribution in [-0.2, 0) is 14.3 Å². The molecule has 0 fully saturated rings. The molecule has 0 unspecified atom stereocenters. The summed E-state index contributed by atoms with van der Waals surface area (Å²) < 4.78 is 11.5. The van der Waals surface area contributed by atoms with E-state index in [1.54, 1.807) is 11.3 Å². The van der Waals surface area contributed by atoms with Gasteiger partial charge in [0.2, 0.25) is 0 Å². The lowest BCUT2D eigenvalue weighted by molar-refractivity contribution is -0.140. The number of furan rings is 1. The Bertz CT molecular complexity index is 1030. The highest BCUT2D eigenvalue weighted by Gasteiger charge is 2.43. The summed E-state index contributed by atoms with van der Waals surface area (Å²) in [7, 11) is 0. The second-order valence-electron chi connectivity index (χ2n) is 8.47. The van der Waals surface area contributed by atoms with Crippen LogP contribution < -0.4 is 5.32 Å². The molecule has 0 aromatic carbocycles. The molecule has 0 bridgehead atoms. The average molecular weight is 426 g/mol. The largest absolute Gasteiger partial charge is 0.465 e. The maximum Gasteiger partial charge on any atom is 0.336 e. The molecule has 2 aliphatic rings. The van der Waals surface area contributed by atoms with Gasteiger partial charge in [0, 0.05) is 34.2 Å². The molecular weight excluding hydrogens is 398 g/mol. The van der Waals surface area contributed by atoms with E-state index in [0.29, 0.717) is 29.9 Å². The van der Waals surface area contributed by atoms with Crippen molar-refractivity contribution < 1.29 is 18.7 Å². The van der Waals surface area contributed by atoms with Crippen LogP contribution in [0.25, 0.3) is 0 Å². The Morgan fingerprint density at radius 2 is 2.07 bits per heavy atom. The van der Waals surface area contributed by atoms with Crippen molar-refractivity contribution in [3.8, 4) is 0 Å². The van der Waals surface area contributed by atoms with Crippen molar-refractivity contribution in [3.63, 3.8) is 0 Å². The molecule has 2 atom stereocenters. The molecule has 1 N–H and O–H groups in total. The second kappa shape index (κ2) is 8.26. The molecule has 0 amide bonds. The number of thiophene rings is 1. The summed E-state index contributed by atoms with van der Waals surface area (Å²) in [5, 5.41) is 5.41. The topological polar surface area (TPSA) is 68.5 Å². The van der Waals surface area contributed by atoms with E-state index in [1.165, 1.54) is 4.88 Å². The number of allylic oxidation sites excluding steroid dienone is 3. The van der Waals surface area contributed by atoms with E-state index in [4.69, 9.17) is 9.15 Å². The minimum absolute atomic E-state index is 0.0582. The van der Waals surface area contributed by atoms with Crippen LogP contribution >= 0.6 is 11.3 Å². The smallest absolute Gasteiger partial charge is 0.336 e. The molecule has 1 aliphatic heterocycles. The normalized spacial score (nSPS) is 21.7. The van der Waals surface area contributed by atoms with Crippen LogP contribution in [0.1, 0.15) is 61.8 Å². The van der Waals surface area contributed by atoms with Gasteiger partial charge in [-0.05, 0) is 49.8 Å². The fourth-order valence-electron chi connectivity index (χ4n) is 4.25. The molecule has 0 saturated carbocycles. The summed E-state index contributed by atoms with van der Waals surface area (Å²) in [6, 6.07) is 7.83. The van der Waals surface area contributed by atoms with E-state index in [-0.39, 0.29) is 17.6 Å². The maximum absolute atomic E-state index is 13.4. The zero-order chi connectivity index (χ0) is 21.4. The van der Waals surface area contributed by atoms with Gasteiger partial charge in [-0.3, -0.25) is 4.79 Å². The third-order valence-corrected chi connectivity index (χ3v) is 6.62. The van der Waals surface area contributed by atoms with Gasteiger partial charge in [0.25, 0.3) is 0 Å². The van der Waals surface area contributed by atoms with Gasteiger partial charge < -0.3 is 14.5 Å². The standard InChI is InChI=1S/C24H27NO4S/c1-13(2)12-28-24(27)21-15(4)25-17-10-16(20-6-5-9-30-20)11-18(26)22(17)23(21)19-8-7-14(3)29-19/h5-9,13,16,23,25H,10-12H2,1-4H3/t16-,23-/m1/s1. The third kappa shape index (κ3) is 3.88. The number of rotatable bonds is 5. The predicted molar refractivity (Wildman–Crippen MR) is 116 cm³/mol. The number of Topliss-reactive ketones (excluding diaryl/α,β-unsaturated/α-hetero) is 1. The van der Waals surface area contributed by atoms with Gasteiger partial charge in [-0.15, -0.1) is 11.3 Å². The van der Waals surface area contributed by atoms with Crippen LogP contribution in [0.4, 0.5) is 0 Å². The summed E-state index contributed by atoms with van der Waals surface area (Å²) in [4.78, 5) is 27.6. The fourth-order valence-corrected chi connectivity index (χ4v) is 5.08. The summed E-state index contributed by atoms with van der Waals surface area (Å²) in [5.74, 6) is 0.873. The number of dihydropyridines is 1. The van der Waals surface area contributed by atoms with Gasteiger partial charge in [0.15, 0.2) is 5.78 Å². The lowest BCUT2D eigenvalue weighted by atomic mass is 9.74. The Labute approximate surface area is 180 Å². The zero-order valence-electron chi connectivity index (χ0n) is 17.8. The molecule has 3 heterocycles. The van der Waals surface area contributed by atoms with Gasteiger partial charge in [0.05, 0.1) is 18.1 Å². The SMILES string of the molecule is CC1=C(C(=O)OCC(C)C)[C@@H](c2ccc(C)o2)C2=C(C[C@@H](c3cccs3)CC2=O)N1.